The second kappa shape index (κ2) is 9.10. The van der Waals surface area contributed by atoms with Crippen LogP contribution in [0.2, 0.25) is 10.0 Å². The summed E-state index contributed by atoms with van der Waals surface area (Å²) >= 11 is 16.1. The maximum absolute atomic E-state index is 6.27. The van der Waals surface area contributed by atoms with Crippen LogP contribution < -0.4 is 4.74 Å². The van der Waals surface area contributed by atoms with Crippen LogP contribution in [0.15, 0.2) is 12.1 Å². The molecule has 0 fully saturated rings. The number of methoxy groups -OCH3 is 1. The van der Waals surface area contributed by atoms with E-state index >= 15 is 0 Å². The molecule has 0 spiro atoms. The van der Waals surface area contributed by atoms with Gasteiger partial charge < -0.3 is 4.74 Å². The summed E-state index contributed by atoms with van der Waals surface area (Å²) in [6.45, 7) is 2.23. The molecule has 0 saturated heterocycles. The highest BCUT2D eigenvalue weighted by atomic mass is 79.9. The molecular weight excluding hydrogens is 347 g/mol. The second-order valence-electron chi connectivity index (χ2n) is 4.68. The van der Waals surface area contributed by atoms with E-state index in [1.54, 1.807) is 13.2 Å². The number of hydrogen-bond acceptors (Lipinski definition) is 1. The fourth-order valence-electron chi connectivity index (χ4n) is 2.02. The van der Waals surface area contributed by atoms with Gasteiger partial charge in [0.05, 0.1) is 12.1 Å². The van der Waals surface area contributed by atoms with Crippen molar-refractivity contribution in [2.45, 2.75) is 50.3 Å². The van der Waals surface area contributed by atoms with Gasteiger partial charge in [-0.05, 0) is 18.1 Å². The van der Waals surface area contributed by atoms with Crippen molar-refractivity contribution in [3.63, 3.8) is 0 Å². The minimum Gasteiger partial charge on any atom is -0.495 e. The minimum atomic E-state index is 0.255. The van der Waals surface area contributed by atoms with Crippen LogP contribution in [0.4, 0.5) is 0 Å². The molecule has 0 aliphatic rings. The molecule has 0 amide bonds. The lowest BCUT2D eigenvalue weighted by molar-refractivity contribution is 0.415. The molecule has 108 valence electrons. The molecule has 0 heterocycles. The molecule has 0 aliphatic heterocycles. The van der Waals surface area contributed by atoms with E-state index in [4.69, 9.17) is 27.9 Å². The second-order valence-corrected chi connectivity index (χ2v) is 6.60. The van der Waals surface area contributed by atoms with Gasteiger partial charge >= 0.3 is 0 Å². The molecule has 1 atom stereocenters. The van der Waals surface area contributed by atoms with Gasteiger partial charge in [-0.3, -0.25) is 0 Å². The van der Waals surface area contributed by atoms with Crippen molar-refractivity contribution in [1.82, 2.24) is 0 Å². The molecule has 0 saturated carbocycles. The Bertz CT molecular complexity index is 396. The first-order valence-corrected chi connectivity index (χ1v) is 8.44. The lowest BCUT2D eigenvalue weighted by atomic mass is 10.0. The molecule has 1 aromatic carbocycles. The number of benzene rings is 1. The van der Waals surface area contributed by atoms with E-state index in [9.17, 15) is 0 Å². The lowest BCUT2D eigenvalue weighted by Gasteiger charge is -2.14. The van der Waals surface area contributed by atoms with Crippen LogP contribution in [0.25, 0.3) is 0 Å². The maximum atomic E-state index is 6.27. The molecule has 0 N–H and O–H groups in total. The molecule has 1 unspecified atom stereocenters. The van der Waals surface area contributed by atoms with Gasteiger partial charge in [-0.15, -0.1) is 0 Å². The normalized spacial score (nSPS) is 12.5. The quantitative estimate of drug-likeness (QED) is 0.362. The summed E-state index contributed by atoms with van der Waals surface area (Å²) in [4.78, 5) is 0.255. The van der Waals surface area contributed by atoms with E-state index < -0.39 is 0 Å². The molecule has 0 bridgehead atoms. The van der Waals surface area contributed by atoms with Crippen LogP contribution in [0.3, 0.4) is 0 Å². The average Bonchev–Trinajstić information content (AvgIpc) is 2.40. The average molecular weight is 368 g/mol. The first-order valence-electron chi connectivity index (χ1n) is 6.77. The number of halogens is 3. The third kappa shape index (κ3) is 5.53. The van der Waals surface area contributed by atoms with Crippen molar-refractivity contribution in [1.29, 1.82) is 0 Å². The molecule has 1 aromatic rings. The van der Waals surface area contributed by atoms with Gasteiger partial charge in [0.1, 0.15) is 5.75 Å². The van der Waals surface area contributed by atoms with Crippen LogP contribution in [-0.4, -0.2) is 7.11 Å². The summed E-state index contributed by atoms with van der Waals surface area (Å²) in [5.41, 5.74) is 1.04. The Balaban J connectivity index is 2.56. The maximum Gasteiger partial charge on any atom is 0.138 e. The van der Waals surface area contributed by atoms with Crippen molar-refractivity contribution in [3.05, 3.63) is 27.7 Å². The summed E-state index contributed by atoms with van der Waals surface area (Å²) < 4.78 is 5.15. The lowest BCUT2D eigenvalue weighted by Crippen LogP contribution is -1.94. The molecule has 4 heteroatoms. The van der Waals surface area contributed by atoms with E-state index in [0.29, 0.717) is 15.8 Å². The van der Waals surface area contributed by atoms with E-state index in [1.165, 1.54) is 32.1 Å². The standard InChI is InChI=1S/C15H21BrCl2O/c1-3-4-5-6-7-8-12(16)11-9-14(18)15(19-2)10-13(11)17/h9-10,12H,3-8H2,1-2H3. The highest BCUT2D eigenvalue weighted by Crippen LogP contribution is 2.39. The highest BCUT2D eigenvalue weighted by Gasteiger charge is 2.14. The summed E-state index contributed by atoms with van der Waals surface area (Å²) in [6.07, 6.45) is 7.46. The Kier molecular flexibility index (Phi) is 8.20. The number of alkyl halides is 1. The number of ether oxygens (including phenoxy) is 1. The molecule has 1 rings (SSSR count). The van der Waals surface area contributed by atoms with Crippen molar-refractivity contribution in [3.8, 4) is 5.75 Å². The Morgan fingerprint density at radius 3 is 2.42 bits per heavy atom. The number of rotatable bonds is 8. The van der Waals surface area contributed by atoms with E-state index in [-0.39, 0.29) is 4.83 Å². The zero-order valence-corrected chi connectivity index (χ0v) is 14.6. The molecular formula is C15H21BrCl2O. The van der Waals surface area contributed by atoms with Crippen LogP contribution in [0.1, 0.15) is 55.8 Å². The monoisotopic (exact) mass is 366 g/mol. The molecule has 19 heavy (non-hydrogen) atoms. The first kappa shape index (κ1) is 17.1. The Hall–Kier alpha value is 0.0800. The van der Waals surface area contributed by atoms with Gasteiger partial charge in [0.15, 0.2) is 0 Å². The molecule has 0 aromatic heterocycles. The fraction of sp³-hybridized carbons (Fsp3) is 0.600. The molecule has 0 radical (unpaired) electrons. The Morgan fingerprint density at radius 2 is 1.79 bits per heavy atom. The van der Waals surface area contributed by atoms with E-state index in [0.717, 1.165) is 12.0 Å². The van der Waals surface area contributed by atoms with E-state index in [2.05, 4.69) is 22.9 Å². The number of unbranched alkanes of at least 4 members (excludes halogenated alkanes) is 4. The van der Waals surface area contributed by atoms with Gasteiger partial charge in [0, 0.05) is 15.9 Å². The summed E-state index contributed by atoms with van der Waals surface area (Å²) in [6, 6.07) is 3.68. The van der Waals surface area contributed by atoms with Gasteiger partial charge in [0.2, 0.25) is 0 Å². The summed E-state index contributed by atoms with van der Waals surface area (Å²) in [7, 11) is 1.59. The van der Waals surface area contributed by atoms with Gasteiger partial charge in [-0.25, -0.2) is 0 Å². The Morgan fingerprint density at radius 1 is 1.11 bits per heavy atom. The van der Waals surface area contributed by atoms with Crippen LogP contribution >= 0.6 is 39.1 Å². The SMILES string of the molecule is CCCCCCCC(Br)c1cc(Cl)c(OC)cc1Cl. The molecule has 0 aliphatic carbocycles. The third-order valence-corrected chi connectivity index (χ3v) is 4.74. The summed E-state index contributed by atoms with van der Waals surface area (Å²) in [5.74, 6) is 0.623. The topological polar surface area (TPSA) is 9.23 Å². The summed E-state index contributed by atoms with van der Waals surface area (Å²) in [5, 5.41) is 1.31. The van der Waals surface area contributed by atoms with Crippen LogP contribution in [0, 0.1) is 0 Å². The van der Waals surface area contributed by atoms with E-state index in [1.807, 2.05) is 6.07 Å². The largest absolute Gasteiger partial charge is 0.495 e. The zero-order chi connectivity index (χ0) is 14.3. The van der Waals surface area contributed by atoms with Gasteiger partial charge in [0.25, 0.3) is 0 Å². The van der Waals surface area contributed by atoms with Crippen molar-refractivity contribution in [2.75, 3.05) is 7.11 Å². The van der Waals surface area contributed by atoms with Gasteiger partial charge in [-0.1, -0.05) is 78.2 Å². The van der Waals surface area contributed by atoms with Crippen molar-refractivity contribution in [2.24, 2.45) is 0 Å². The third-order valence-electron chi connectivity index (χ3n) is 3.17. The van der Waals surface area contributed by atoms with Crippen LogP contribution in [-0.2, 0) is 0 Å². The first-order chi connectivity index (χ1) is 9.10. The Labute approximate surface area is 134 Å². The zero-order valence-electron chi connectivity index (χ0n) is 11.5. The highest BCUT2D eigenvalue weighted by molar-refractivity contribution is 9.09. The predicted molar refractivity (Wildman–Crippen MR) is 88.1 cm³/mol. The smallest absolute Gasteiger partial charge is 0.138 e. The predicted octanol–water partition coefficient (Wildman–Crippen LogP) is 6.80. The van der Waals surface area contributed by atoms with Crippen LogP contribution in [0.5, 0.6) is 5.75 Å². The minimum absolute atomic E-state index is 0.255. The van der Waals surface area contributed by atoms with Gasteiger partial charge in [-0.2, -0.15) is 0 Å². The number of hydrogen-bond donors (Lipinski definition) is 0. The molecule has 1 nitrogen and oxygen atoms in total. The van der Waals surface area contributed by atoms with Crippen molar-refractivity contribution < 1.29 is 4.74 Å². The fourth-order valence-corrected chi connectivity index (χ4v) is 3.39. The van der Waals surface area contributed by atoms with Crippen molar-refractivity contribution >= 4 is 39.1 Å².